The van der Waals surface area contributed by atoms with E-state index in [1.165, 1.54) is 6.07 Å². The summed E-state index contributed by atoms with van der Waals surface area (Å²) in [5.41, 5.74) is 4.22. The molecule has 0 spiro atoms. The average molecular weight is 252 g/mol. The van der Waals surface area contributed by atoms with Gasteiger partial charge in [-0.05, 0) is 42.7 Å². The van der Waals surface area contributed by atoms with E-state index in [0.717, 1.165) is 17.7 Å². The lowest BCUT2D eigenvalue weighted by Crippen LogP contribution is -2.29. The van der Waals surface area contributed by atoms with Crippen LogP contribution in [0, 0.1) is 18.6 Å². The topological polar surface area (TPSA) is 51.2 Å². The molecule has 2 aromatic rings. The number of furan rings is 1. The van der Waals surface area contributed by atoms with Crippen molar-refractivity contribution in [2.45, 2.75) is 19.4 Å². The third-order valence-electron chi connectivity index (χ3n) is 2.84. The fourth-order valence-corrected chi connectivity index (χ4v) is 1.87. The average Bonchev–Trinajstić information content (AvgIpc) is 2.77. The van der Waals surface area contributed by atoms with Crippen molar-refractivity contribution >= 4 is 0 Å². The number of rotatable bonds is 4. The molecule has 0 saturated heterocycles. The van der Waals surface area contributed by atoms with E-state index in [4.69, 9.17) is 10.3 Å². The number of hydrogen-bond acceptors (Lipinski definition) is 3. The van der Waals surface area contributed by atoms with Crippen molar-refractivity contribution in [1.82, 2.24) is 5.43 Å². The second kappa shape index (κ2) is 5.29. The smallest absolute Gasteiger partial charge is 0.159 e. The van der Waals surface area contributed by atoms with Crippen LogP contribution in [0.3, 0.4) is 0 Å². The third-order valence-corrected chi connectivity index (χ3v) is 2.84. The van der Waals surface area contributed by atoms with Gasteiger partial charge in [-0.1, -0.05) is 6.07 Å². The van der Waals surface area contributed by atoms with Gasteiger partial charge in [-0.2, -0.15) is 0 Å². The first-order valence-corrected chi connectivity index (χ1v) is 5.56. The minimum atomic E-state index is -0.862. The Labute approximate surface area is 104 Å². The molecule has 3 nitrogen and oxygen atoms in total. The van der Waals surface area contributed by atoms with Gasteiger partial charge in [0, 0.05) is 0 Å². The van der Waals surface area contributed by atoms with Crippen molar-refractivity contribution in [2.24, 2.45) is 5.84 Å². The molecule has 0 radical (unpaired) electrons. The van der Waals surface area contributed by atoms with Crippen LogP contribution in [-0.4, -0.2) is 0 Å². The molecule has 0 amide bonds. The van der Waals surface area contributed by atoms with Crippen LogP contribution < -0.4 is 11.3 Å². The molecule has 3 N–H and O–H groups in total. The van der Waals surface area contributed by atoms with Gasteiger partial charge in [-0.3, -0.25) is 5.84 Å². The number of halogens is 2. The molecule has 0 aliphatic heterocycles. The summed E-state index contributed by atoms with van der Waals surface area (Å²) in [7, 11) is 0. The van der Waals surface area contributed by atoms with E-state index >= 15 is 0 Å². The summed E-state index contributed by atoms with van der Waals surface area (Å²) in [4.78, 5) is 0. The highest BCUT2D eigenvalue weighted by Crippen LogP contribution is 2.22. The highest BCUT2D eigenvalue weighted by molar-refractivity contribution is 5.23. The fraction of sp³-hybridized carbons (Fsp3) is 0.231. The standard InChI is InChI=1S/C13H14F2N2O/c1-8-4-5-18-13(8)12(17-16)7-9-2-3-10(14)11(15)6-9/h2-6,12,17H,7,16H2,1H3. The van der Waals surface area contributed by atoms with Crippen molar-refractivity contribution in [1.29, 1.82) is 0 Å². The van der Waals surface area contributed by atoms with Gasteiger partial charge < -0.3 is 4.42 Å². The van der Waals surface area contributed by atoms with Crippen LogP contribution >= 0.6 is 0 Å². The molecule has 0 aliphatic rings. The van der Waals surface area contributed by atoms with Gasteiger partial charge >= 0.3 is 0 Å². The number of nitrogens with two attached hydrogens (primary N) is 1. The van der Waals surface area contributed by atoms with Crippen molar-refractivity contribution in [3.8, 4) is 0 Å². The number of benzene rings is 1. The molecule has 0 aliphatic carbocycles. The Morgan fingerprint density at radius 3 is 2.61 bits per heavy atom. The lowest BCUT2D eigenvalue weighted by Gasteiger charge is -2.14. The highest BCUT2D eigenvalue weighted by Gasteiger charge is 2.17. The van der Waals surface area contributed by atoms with Crippen LogP contribution in [-0.2, 0) is 6.42 Å². The van der Waals surface area contributed by atoms with Crippen molar-refractivity contribution < 1.29 is 13.2 Å². The molecule has 0 bridgehead atoms. The van der Waals surface area contributed by atoms with Crippen molar-refractivity contribution in [3.05, 3.63) is 59.1 Å². The zero-order chi connectivity index (χ0) is 13.1. The lowest BCUT2D eigenvalue weighted by molar-refractivity contribution is 0.412. The maximum absolute atomic E-state index is 13.1. The second-order valence-corrected chi connectivity index (χ2v) is 4.14. The van der Waals surface area contributed by atoms with E-state index in [1.54, 1.807) is 6.26 Å². The molecule has 1 atom stereocenters. The molecule has 5 heteroatoms. The molecule has 18 heavy (non-hydrogen) atoms. The molecule has 2 rings (SSSR count). The van der Waals surface area contributed by atoms with Gasteiger partial charge in [0.25, 0.3) is 0 Å². The maximum Gasteiger partial charge on any atom is 0.159 e. The maximum atomic E-state index is 13.1. The minimum Gasteiger partial charge on any atom is -0.467 e. The quantitative estimate of drug-likeness (QED) is 0.649. The first-order chi connectivity index (χ1) is 8.61. The number of hydrogen-bond donors (Lipinski definition) is 2. The Kier molecular flexibility index (Phi) is 3.74. The Balaban J connectivity index is 2.20. The lowest BCUT2D eigenvalue weighted by atomic mass is 10.0. The van der Waals surface area contributed by atoms with E-state index in [0.29, 0.717) is 17.7 Å². The van der Waals surface area contributed by atoms with E-state index in [-0.39, 0.29) is 6.04 Å². The summed E-state index contributed by atoms with van der Waals surface area (Å²) in [6, 6.07) is 5.35. The largest absolute Gasteiger partial charge is 0.467 e. The first kappa shape index (κ1) is 12.7. The molecular weight excluding hydrogens is 238 g/mol. The van der Waals surface area contributed by atoms with Crippen LogP contribution in [0.4, 0.5) is 8.78 Å². The van der Waals surface area contributed by atoms with Crippen molar-refractivity contribution in [2.75, 3.05) is 0 Å². The van der Waals surface area contributed by atoms with Gasteiger partial charge in [0.15, 0.2) is 11.6 Å². The Hall–Kier alpha value is -1.72. The van der Waals surface area contributed by atoms with E-state index < -0.39 is 11.6 Å². The highest BCUT2D eigenvalue weighted by atomic mass is 19.2. The Bertz CT molecular complexity index is 540. The van der Waals surface area contributed by atoms with Gasteiger partial charge in [-0.25, -0.2) is 14.2 Å². The predicted octanol–water partition coefficient (Wildman–Crippen LogP) is 2.61. The molecule has 1 aromatic carbocycles. The normalized spacial score (nSPS) is 12.7. The van der Waals surface area contributed by atoms with Gasteiger partial charge in [0.2, 0.25) is 0 Å². The summed E-state index contributed by atoms with van der Waals surface area (Å²) in [6.07, 6.45) is 1.99. The van der Waals surface area contributed by atoms with Gasteiger partial charge in [0.1, 0.15) is 5.76 Å². The van der Waals surface area contributed by atoms with Crippen LogP contribution in [0.5, 0.6) is 0 Å². The van der Waals surface area contributed by atoms with Crippen LogP contribution in [0.15, 0.2) is 34.9 Å². The summed E-state index contributed by atoms with van der Waals surface area (Å²) in [6.45, 7) is 1.90. The van der Waals surface area contributed by atoms with E-state index in [2.05, 4.69) is 5.43 Å². The summed E-state index contributed by atoms with van der Waals surface area (Å²) in [5, 5.41) is 0. The fourth-order valence-electron chi connectivity index (χ4n) is 1.87. The van der Waals surface area contributed by atoms with E-state index in [9.17, 15) is 8.78 Å². The molecular formula is C13H14F2N2O. The molecule has 1 unspecified atom stereocenters. The van der Waals surface area contributed by atoms with Crippen LogP contribution in [0.1, 0.15) is 22.9 Å². The number of hydrazine groups is 1. The molecule has 0 saturated carbocycles. The van der Waals surface area contributed by atoms with Gasteiger partial charge in [0.05, 0.1) is 12.3 Å². The number of nitrogens with one attached hydrogen (secondary N) is 1. The zero-order valence-corrected chi connectivity index (χ0v) is 9.91. The Morgan fingerprint density at radius 1 is 1.28 bits per heavy atom. The first-order valence-electron chi connectivity index (χ1n) is 5.56. The van der Waals surface area contributed by atoms with Crippen LogP contribution in [0.25, 0.3) is 0 Å². The molecule has 1 heterocycles. The number of aryl methyl sites for hydroxylation is 1. The molecule has 96 valence electrons. The van der Waals surface area contributed by atoms with Crippen molar-refractivity contribution in [3.63, 3.8) is 0 Å². The zero-order valence-electron chi connectivity index (χ0n) is 9.91. The predicted molar refractivity (Wildman–Crippen MR) is 63.6 cm³/mol. The molecule has 0 fully saturated rings. The Morgan fingerprint density at radius 2 is 2.06 bits per heavy atom. The van der Waals surface area contributed by atoms with E-state index in [1.807, 2.05) is 13.0 Å². The minimum absolute atomic E-state index is 0.273. The van der Waals surface area contributed by atoms with Gasteiger partial charge in [-0.15, -0.1) is 0 Å². The third kappa shape index (κ3) is 2.57. The second-order valence-electron chi connectivity index (χ2n) is 4.14. The van der Waals surface area contributed by atoms with Crippen LogP contribution in [0.2, 0.25) is 0 Å². The monoisotopic (exact) mass is 252 g/mol. The summed E-state index contributed by atoms with van der Waals surface area (Å²) in [5.74, 6) is 4.45. The SMILES string of the molecule is Cc1ccoc1C(Cc1ccc(F)c(F)c1)NN. The summed E-state index contributed by atoms with van der Waals surface area (Å²) < 4.78 is 31.3. The molecule has 1 aromatic heterocycles. The summed E-state index contributed by atoms with van der Waals surface area (Å²) >= 11 is 0.